The number of halogens is 3. The van der Waals surface area contributed by atoms with Crippen LogP contribution in [0.25, 0.3) is 0 Å². The zero-order chi connectivity index (χ0) is 13.1. The van der Waals surface area contributed by atoms with Crippen LogP contribution in [0.1, 0.15) is 5.56 Å². The van der Waals surface area contributed by atoms with Gasteiger partial charge in [0.05, 0.1) is 16.7 Å². The first-order chi connectivity index (χ1) is 8.58. The van der Waals surface area contributed by atoms with Gasteiger partial charge in [-0.05, 0) is 36.4 Å². The van der Waals surface area contributed by atoms with Gasteiger partial charge in [-0.25, -0.2) is 0 Å². The Morgan fingerprint density at radius 3 is 2.56 bits per heavy atom. The summed E-state index contributed by atoms with van der Waals surface area (Å²) in [5.41, 5.74) is 0.519. The Labute approximate surface area is 126 Å². The Kier molecular flexibility index (Phi) is 4.28. The smallest absolute Gasteiger partial charge is 0.147 e. The van der Waals surface area contributed by atoms with E-state index in [2.05, 4.69) is 37.9 Å². The maximum absolute atomic E-state index is 8.89. The fourth-order valence-electron chi connectivity index (χ4n) is 1.37. The van der Waals surface area contributed by atoms with Gasteiger partial charge in [-0.3, -0.25) is 0 Å². The summed E-state index contributed by atoms with van der Waals surface area (Å²) in [5, 5.41) is 9.40. The monoisotopic (exact) mass is 385 g/mol. The highest BCUT2D eigenvalue weighted by Crippen LogP contribution is 2.33. The minimum atomic E-state index is 0.511. The van der Waals surface area contributed by atoms with Crippen LogP contribution in [0.5, 0.6) is 11.5 Å². The van der Waals surface area contributed by atoms with Gasteiger partial charge in [0, 0.05) is 8.95 Å². The average molecular weight is 387 g/mol. The van der Waals surface area contributed by atoms with Crippen LogP contribution in [-0.4, -0.2) is 0 Å². The molecule has 0 amide bonds. The topological polar surface area (TPSA) is 33.0 Å². The Balaban J connectivity index is 2.37. The van der Waals surface area contributed by atoms with Crippen molar-refractivity contribution in [2.75, 3.05) is 0 Å². The lowest BCUT2D eigenvalue weighted by atomic mass is 10.2. The highest BCUT2D eigenvalue weighted by Gasteiger charge is 2.06. The van der Waals surface area contributed by atoms with Crippen molar-refractivity contribution in [3.63, 3.8) is 0 Å². The molecule has 0 saturated carbocycles. The molecule has 2 nitrogen and oxygen atoms in total. The van der Waals surface area contributed by atoms with E-state index < -0.39 is 0 Å². The molecule has 0 spiro atoms. The second kappa shape index (κ2) is 5.75. The van der Waals surface area contributed by atoms with E-state index in [1.165, 1.54) is 0 Å². The highest BCUT2D eigenvalue weighted by atomic mass is 79.9. The van der Waals surface area contributed by atoms with E-state index in [1.54, 1.807) is 30.3 Å². The largest absolute Gasteiger partial charge is 0.456 e. The third-order valence-corrected chi connectivity index (χ3v) is 3.38. The van der Waals surface area contributed by atoms with Gasteiger partial charge in [-0.15, -0.1) is 0 Å². The van der Waals surface area contributed by atoms with Crippen molar-refractivity contribution in [1.29, 1.82) is 5.26 Å². The maximum Gasteiger partial charge on any atom is 0.147 e. The summed E-state index contributed by atoms with van der Waals surface area (Å²) < 4.78 is 7.32. The Bertz CT molecular complexity index is 637. The van der Waals surface area contributed by atoms with Gasteiger partial charge in [0.1, 0.15) is 11.5 Å². The second-order valence-corrected chi connectivity index (χ2v) is 5.70. The summed E-state index contributed by atoms with van der Waals surface area (Å²) in [6, 6.07) is 12.6. The van der Waals surface area contributed by atoms with Crippen molar-refractivity contribution in [1.82, 2.24) is 0 Å². The fourth-order valence-corrected chi connectivity index (χ4v) is 2.34. The predicted octanol–water partition coefficient (Wildman–Crippen LogP) is 5.53. The number of benzene rings is 2. The van der Waals surface area contributed by atoms with E-state index in [0.29, 0.717) is 22.1 Å². The predicted molar refractivity (Wildman–Crippen MR) is 78.1 cm³/mol. The van der Waals surface area contributed by atoms with Crippen LogP contribution in [0.3, 0.4) is 0 Å². The third kappa shape index (κ3) is 3.26. The molecule has 0 bridgehead atoms. The number of nitriles is 1. The molecule has 2 aromatic rings. The molecule has 2 rings (SSSR count). The molecular weight excluding hydrogens is 381 g/mol. The van der Waals surface area contributed by atoms with Gasteiger partial charge in [0.2, 0.25) is 0 Å². The lowest BCUT2D eigenvalue weighted by molar-refractivity contribution is 0.482. The molecule has 0 aliphatic rings. The van der Waals surface area contributed by atoms with Crippen LogP contribution in [0.2, 0.25) is 5.02 Å². The Morgan fingerprint density at radius 2 is 1.83 bits per heavy atom. The Hall–Kier alpha value is -1.02. The quantitative estimate of drug-likeness (QED) is 0.679. The molecule has 0 saturated heterocycles. The number of hydrogen-bond donors (Lipinski definition) is 0. The van der Waals surface area contributed by atoms with Crippen molar-refractivity contribution in [2.45, 2.75) is 0 Å². The first-order valence-electron chi connectivity index (χ1n) is 4.92. The molecule has 0 aliphatic heterocycles. The van der Waals surface area contributed by atoms with Crippen LogP contribution in [0.15, 0.2) is 45.3 Å². The van der Waals surface area contributed by atoms with Crippen molar-refractivity contribution < 1.29 is 4.74 Å². The summed E-state index contributed by atoms with van der Waals surface area (Å²) in [6.07, 6.45) is 0. The van der Waals surface area contributed by atoms with E-state index in [-0.39, 0.29) is 0 Å². The standard InChI is InChI=1S/C13H6Br2ClNO/c14-9-1-2-12(16)13(6-9)18-11-4-8(7-17)3-10(15)5-11/h1-6H. The second-order valence-electron chi connectivity index (χ2n) is 3.46. The van der Waals surface area contributed by atoms with E-state index >= 15 is 0 Å². The lowest BCUT2D eigenvalue weighted by Crippen LogP contribution is -1.87. The highest BCUT2D eigenvalue weighted by molar-refractivity contribution is 9.10. The molecular formula is C13H6Br2ClNO. The number of rotatable bonds is 2. The van der Waals surface area contributed by atoms with E-state index in [9.17, 15) is 0 Å². The molecule has 0 unspecified atom stereocenters. The zero-order valence-corrected chi connectivity index (χ0v) is 12.9. The van der Waals surface area contributed by atoms with Crippen LogP contribution in [0, 0.1) is 11.3 Å². The fraction of sp³-hybridized carbons (Fsp3) is 0. The van der Waals surface area contributed by atoms with Gasteiger partial charge >= 0.3 is 0 Å². The van der Waals surface area contributed by atoms with Gasteiger partial charge in [-0.1, -0.05) is 43.5 Å². The first-order valence-corrected chi connectivity index (χ1v) is 6.88. The molecule has 0 fully saturated rings. The van der Waals surface area contributed by atoms with Crippen LogP contribution < -0.4 is 4.74 Å². The SMILES string of the molecule is N#Cc1cc(Br)cc(Oc2cc(Br)ccc2Cl)c1. The first kappa shape index (κ1) is 13.4. The van der Waals surface area contributed by atoms with Crippen molar-refractivity contribution in [3.05, 3.63) is 55.9 Å². The molecule has 0 heterocycles. The van der Waals surface area contributed by atoms with Gasteiger partial charge < -0.3 is 4.74 Å². The third-order valence-electron chi connectivity index (χ3n) is 2.12. The normalized spacial score (nSPS) is 9.89. The molecule has 0 aromatic heterocycles. The summed E-state index contributed by atoms with van der Waals surface area (Å²) in [4.78, 5) is 0. The van der Waals surface area contributed by atoms with Gasteiger partial charge in [0.15, 0.2) is 0 Å². The summed E-state index contributed by atoms with van der Waals surface area (Å²) in [5.74, 6) is 1.09. The molecule has 0 atom stereocenters. The summed E-state index contributed by atoms with van der Waals surface area (Å²) >= 11 is 12.7. The van der Waals surface area contributed by atoms with E-state index in [1.807, 2.05) is 6.07 Å². The van der Waals surface area contributed by atoms with Crippen molar-refractivity contribution in [3.8, 4) is 17.6 Å². The number of nitrogens with zero attached hydrogens (tertiary/aromatic N) is 1. The van der Waals surface area contributed by atoms with Gasteiger partial charge in [0.25, 0.3) is 0 Å². The molecule has 0 radical (unpaired) electrons. The van der Waals surface area contributed by atoms with Gasteiger partial charge in [-0.2, -0.15) is 5.26 Å². The summed E-state index contributed by atoms with van der Waals surface area (Å²) in [7, 11) is 0. The molecule has 0 aliphatic carbocycles. The van der Waals surface area contributed by atoms with Crippen LogP contribution in [-0.2, 0) is 0 Å². The number of hydrogen-bond acceptors (Lipinski definition) is 2. The van der Waals surface area contributed by atoms with Crippen LogP contribution >= 0.6 is 43.5 Å². The summed E-state index contributed by atoms with van der Waals surface area (Å²) in [6.45, 7) is 0. The molecule has 2 aromatic carbocycles. The molecule has 90 valence electrons. The minimum Gasteiger partial charge on any atom is -0.456 e. The van der Waals surface area contributed by atoms with E-state index in [4.69, 9.17) is 21.6 Å². The van der Waals surface area contributed by atoms with Crippen molar-refractivity contribution in [2.24, 2.45) is 0 Å². The molecule has 18 heavy (non-hydrogen) atoms. The average Bonchev–Trinajstić information content (AvgIpc) is 2.33. The lowest BCUT2D eigenvalue weighted by Gasteiger charge is -2.08. The van der Waals surface area contributed by atoms with Crippen molar-refractivity contribution >= 4 is 43.5 Å². The minimum absolute atomic E-state index is 0.511. The Morgan fingerprint density at radius 1 is 1.06 bits per heavy atom. The zero-order valence-electron chi connectivity index (χ0n) is 8.95. The molecule has 5 heteroatoms. The molecule has 0 N–H and O–H groups in total. The van der Waals surface area contributed by atoms with E-state index in [0.717, 1.165) is 8.95 Å². The van der Waals surface area contributed by atoms with Crippen LogP contribution in [0.4, 0.5) is 0 Å². The number of ether oxygens (including phenoxy) is 1. The maximum atomic E-state index is 8.89.